The van der Waals surface area contributed by atoms with E-state index >= 15 is 0 Å². The Morgan fingerprint density at radius 2 is 2.25 bits per heavy atom. The van der Waals surface area contributed by atoms with Crippen LogP contribution >= 0.6 is 0 Å². The van der Waals surface area contributed by atoms with Gasteiger partial charge in [0.05, 0.1) is 0 Å². The van der Waals surface area contributed by atoms with Crippen LogP contribution in [0.3, 0.4) is 0 Å². The summed E-state index contributed by atoms with van der Waals surface area (Å²) in [4.78, 5) is 11.4. The molecular weight excluding hydrogens is 148 g/mol. The van der Waals surface area contributed by atoms with Gasteiger partial charge < -0.3 is 0 Å². The van der Waals surface area contributed by atoms with E-state index in [1.165, 1.54) is 18.9 Å². The molecule has 0 saturated heterocycles. The number of carbonyl (C=O) groups excluding carboxylic acids is 1. The molecule has 2 bridgehead atoms. The number of rotatable bonds is 2. The van der Waals surface area contributed by atoms with Gasteiger partial charge in [0, 0.05) is 5.92 Å². The topological polar surface area (TPSA) is 17.1 Å². The lowest BCUT2D eigenvalue weighted by Crippen LogP contribution is -2.31. The Hall–Kier alpha value is -0.850. The SMILES string of the molecule is C=CC(=O)C1CC2C=CC1CC2. The van der Waals surface area contributed by atoms with Gasteiger partial charge in [-0.15, -0.1) is 0 Å². The summed E-state index contributed by atoms with van der Waals surface area (Å²) in [6, 6.07) is 0. The van der Waals surface area contributed by atoms with Gasteiger partial charge in [-0.3, -0.25) is 4.79 Å². The second-order valence-electron chi connectivity index (χ2n) is 3.83. The fourth-order valence-electron chi connectivity index (χ4n) is 2.41. The van der Waals surface area contributed by atoms with E-state index in [0.29, 0.717) is 11.8 Å². The van der Waals surface area contributed by atoms with Crippen molar-refractivity contribution in [2.45, 2.75) is 19.3 Å². The molecule has 64 valence electrons. The van der Waals surface area contributed by atoms with Crippen molar-refractivity contribution < 1.29 is 4.79 Å². The fourth-order valence-corrected chi connectivity index (χ4v) is 2.41. The highest BCUT2D eigenvalue weighted by Gasteiger charge is 2.34. The molecule has 1 saturated carbocycles. The molecule has 0 aromatic heterocycles. The Bertz CT molecular complexity index is 239. The van der Waals surface area contributed by atoms with Crippen LogP contribution in [0.4, 0.5) is 0 Å². The van der Waals surface area contributed by atoms with Crippen LogP contribution in [0.25, 0.3) is 0 Å². The second kappa shape index (κ2) is 2.89. The van der Waals surface area contributed by atoms with Crippen molar-refractivity contribution in [2.24, 2.45) is 17.8 Å². The maximum Gasteiger partial charge on any atom is 0.158 e. The van der Waals surface area contributed by atoms with E-state index in [9.17, 15) is 4.79 Å². The van der Waals surface area contributed by atoms with E-state index in [0.717, 1.165) is 6.42 Å². The van der Waals surface area contributed by atoms with E-state index < -0.39 is 0 Å². The predicted molar refractivity (Wildman–Crippen MR) is 48.7 cm³/mol. The smallest absolute Gasteiger partial charge is 0.158 e. The van der Waals surface area contributed by atoms with Crippen molar-refractivity contribution in [3.63, 3.8) is 0 Å². The molecule has 1 fully saturated rings. The number of hydrogen-bond donors (Lipinski definition) is 0. The first-order chi connectivity index (χ1) is 5.81. The summed E-state index contributed by atoms with van der Waals surface area (Å²) in [5.41, 5.74) is 0. The summed E-state index contributed by atoms with van der Waals surface area (Å²) in [6.45, 7) is 3.55. The molecule has 3 atom stereocenters. The van der Waals surface area contributed by atoms with Crippen LogP contribution in [-0.2, 0) is 4.79 Å². The van der Waals surface area contributed by atoms with Gasteiger partial charge >= 0.3 is 0 Å². The third-order valence-electron chi connectivity index (χ3n) is 3.14. The fraction of sp³-hybridized carbons (Fsp3) is 0.545. The van der Waals surface area contributed by atoms with Gasteiger partial charge in [-0.25, -0.2) is 0 Å². The van der Waals surface area contributed by atoms with Crippen LogP contribution in [0.2, 0.25) is 0 Å². The van der Waals surface area contributed by atoms with Crippen LogP contribution in [0.1, 0.15) is 19.3 Å². The standard InChI is InChI=1S/C11H14O/c1-2-11(12)10-7-8-3-5-9(10)6-4-8/h2-3,5,8-10H,1,4,6-7H2. The maximum absolute atomic E-state index is 11.4. The predicted octanol–water partition coefficient (Wildman–Crippen LogP) is 2.34. The summed E-state index contributed by atoms with van der Waals surface area (Å²) < 4.78 is 0. The second-order valence-corrected chi connectivity index (χ2v) is 3.83. The average molecular weight is 162 g/mol. The van der Waals surface area contributed by atoms with Crippen molar-refractivity contribution in [1.82, 2.24) is 0 Å². The van der Waals surface area contributed by atoms with Crippen molar-refractivity contribution in [1.29, 1.82) is 0 Å². The van der Waals surface area contributed by atoms with Gasteiger partial charge in [-0.1, -0.05) is 18.7 Å². The Morgan fingerprint density at radius 3 is 2.67 bits per heavy atom. The Labute approximate surface area is 73.2 Å². The summed E-state index contributed by atoms with van der Waals surface area (Å²) in [7, 11) is 0. The highest BCUT2D eigenvalue weighted by atomic mass is 16.1. The minimum absolute atomic E-state index is 0.244. The molecule has 0 heterocycles. The third-order valence-corrected chi connectivity index (χ3v) is 3.14. The molecule has 0 radical (unpaired) electrons. The number of hydrogen-bond acceptors (Lipinski definition) is 1. The van der Waals surface area contributed by atoms with Crippen LogP contribution in [-0.4, -0.2) is 5.78 Å². The monoisotopic (exact) mass is 162 g/mol. The summed E-state index contributed by atoms with van der Waals surface area (Å²) in [5, 5.41) is 0. The highest BCUT2D eigenvalue weighted by Crippen LogP contribution is 2.40. The van der Waals surface area contributed by atoms with Crippen molar-refractivity contribution >= 4 is 5.78 Å². The quantitative estimate of drug-likeness (QED) is 0.450. The lowest BCUT2D eigenvalue weighted by atomic mass is 9.68. The van der Waals surface area contributed by atoms with Gasteiger partial charge in [-0.05, 0) is 37.2 Å². The van der Waals surface area contributed by atoms with Crippen LogP contribution < -0.4 is 0 Å². The summed E-state index contributed by atoms with van der Waals surface area (Å²) in [6.07, 6.45) is 9.53. The first-order valence-electron chi connectivity index (χ1n) is 4.66. The molecule has 12 heavy (non-hydrogen) atoms. The zero-order valence-electron chi connectivity index (χ0n) is 7.20. The first-order valence-corrected chi connectivity index (χ1v) is 4.66. The zero-order chi connectivity index (χ0) is 8.55. The van der Waals surface area contributed by atoms with Gasteiger partial charge in [-0.2, -0.15) is 0 Å². The van der Waals surface area contributed by atoms with Crippen molar-refractivity contribution in [2.75, 3.05) is 0 Å². The van der Waals surface area contributed by atoms with Gasteiger partial charge in [0.2, 0.25) is 0 Å². The molecule has 1 heteroatoms. The minimum Gasteiger partial charge on any atom is -0.295 e. The number of ketones is 1. The van der Waals surface area contributed by atoms with E-state index in [4.69, 9.17) is 0 Å². The van der Waals surface area contributed by atoms with E-state index in [2.05, 4.69) is 18.7 Å². The molecule has 0 aromatic carbocycles. The lowest BCUT2D eigenvalue weighted by molar-refractivity contribution is -0.120. The molecule has 3 unspecified atom stereocenters. The molecule has 0 spiro atoms. The maximum atomic E-state index is 11.4. The molecule has 0 aromatic rings. The van der Waals surface area contributed by atoms with E-state index in [-0.39, 0.29) is 11.7 Å². The largest absolute Gasteiger partial charge is 0.295 e. The number of carbonyl (C=O) groups is 1. The third kappa shape index (κ3) is 1.13. The zero-order valence-corrected chi connectivity index (χ0v) is 7.20. The van der Waals surface area contributed by atoms with Crippen LogP contribution in [0.15, 0.2) is 24.8 Å². The Morgan fingerprint density at radius 1 is 1.42 bits per heavy atom. The summed E-state index contributed by atoms with van der Waals surface area (Å²) >= 11 is 0. The normalized spacial score (nSPS) is 38.2. The van der Waals surface area contributed by atoms with Gasteiger partial charge in [0.1, 0.15) is 0 Å². The average Bonchev–Trinajstić information content (AvgIpc) is 2.18. The van der Waals surface area contributed by atoms with Crippen molar-refractivity contribution in [3.8, 4) is 0 Å². The molecule has 3 aliphatic carbocycles. The van der Waals surface area contributed by atoms with Crippen LogP contribution in [0.5, 0.6) is 0 Å². The van der Waals surface area contributed by atoms with E-state index in [1.54, 1.807) is 0 Å². The minimum atomic E-state index is 0.244. The molecule has 1 nitrogen and oxygen atoms in total. The van der Waals surface area contributed by atoms with Crippen molar-refractivity contribution in [3.05, 3.63) is 24.8 Å². The molecule has 0 N–H and O–H groups in total. The molecule has 0 aliphatic heterocycles. The van der Waals surface area contributed by atoms with Gasteiger partial charge in [0.15, 0.2) is 5.78 Å². The molecule has 0 amide bonds. The summed E-state index contributed by atoms with van der Waals surface area (Å²) in [5.74, 6) is 1.68. The number of fused-ring (bicyclic) bond motifs is 2. The molecular formula is C11H14O. The Balaban J connectivity index is 2.16. The lowest BCUT2D eigenvalue weighted by Gasteiger charge is -2.36. The first kappa shape index (κ1) is 7.78. The number of allylic oxidation sites excluding steroid dienone is 3. The van der Waals surface area contributed by atoms with Gasteiger partial charge in [0.25, 0.3) is 0 Å². The van der Waals surface area contributed by atoms with Crippen LogP contribution in [0, 0.1) is 17.8 Å². The van der Waals surface area contributed by atoms with E-state index in [1.807, 2.05) is 0 Å². The Kier molecular flexibility index (Phi) is 1.87. The highest BCUT2D eigenvalue weighted by molar-refractivity contribution is 5.91. The molecule has 3 aliphatic rings. The molecule has 3 rings (SSSR count).